The molecule has 6 heteroatoms. The molecule has 6 nitrogen and oxygen atoms in total. The smallest absolute Gasteiger partial charge is 0.222 e. The summed E-state index contributed by atoms with van der Waals surface area (Å²) >= 11 is 0. The van der Waals surface area contributed by atoms with E-state index in [0.29, 0.717) is 5.95 Å². The lowest BCUT2D eigenvalue weighted by Crippen LogP contribution is -2.41. The van der Waals surface area contributed by atoms with Crippen molar-refractivity contribution in [3.63, 3.8) is 0 Å². The molecular formula is C17H22N4O2. The number of morpholine rings is 1. The summed E-state index contributed by atoms with van der Waals surface area (Å²) in [6, 6.07) is 10.3. The van der Waals surface area contributed by atoms with Crippen LogP contribution in [0, 0.1) is 0 Å². The molecule has 0 aliphatic carbocycles. The summed E-state index contributed by atoms with van der Waals surface area (Å²) in [6.45, 7) is 4.14. The van der Waals surface area contributed by atoms with Crippen molar-refractivity contribution in [3.8, 4) is 5.75 Å². The maximum absolute atomic E-state index is 5.48. The zero-order valence-electron chi connectivity index (χ0n) is 13.3. The van der Waals surface area contributed by atoms with E-state index in [1.807, 2.05) is 18.2 Å². The molecule has 1 fully saturated rings. The maximum atomic E-state index is 5.48. The summed E-state index contributed by atoms with van der Waals surface area (Å²) in [6.07, 6.45) is 3.49. The van der Waals surface area contributed by atoms with E-state index in [0.717, 1.165) is 38.6 Å². The monoisotopic (exact) mass is 314 g/mol. The molecule has 0 amide bonds. The van der Waals surface area contributed by atoms with Crippen LogP contribution in [0.1, 0.15) is 11.6 Å². The Bertz CT molecular complexity index is 585. The first-order chi connectivity index (χ1) is 11.4. The number of nitrogens with one attached hydrogen (secondary N) is 1. The summed E-state index contributed by atoms with van der Waals surface area (Å²) in [7, 11) is 1.68. The van der Waals surface area contributed by atoms with Gasteiger partial charge in [0.1, 0.15) is 5.75 Å². The van der Waals surface area contributed by atoms with Gasteiger partial charge in [-0.3, -0.25) is 4.90 Å². The molecule has 1 aromatic heterocycles. The van der Waals surface area contributed by atoms with E-state index in [-0.39, 0.29) is 6.04 Å². The maximum Gasteiger partial charge on any atom is 0.222 e. The van der Waals surface area contributed by atoms with E-state index in [4.69, 9.17) is 9.47 Å². The van der Waals surface area contributed by atoms with E-state index in [1.54, 1.807) is 19.5 Å². The molecule has 1 N–H and O–H groups in total. The molecule has 122 valence electrons. The van der Waals surface area contributed by atoms with Gasteiger partial charge in [0.25, 0.3) is 0 Å². The first-order valence-corrected chi connectivity index (χ1v) is 7.83. The molecule has 2 heterocycles. The predicted molar refractivity (Wildman–Crippen MR) is 88.6 cm³/mol. The Morgan fingerprint density at radius 2 is 1.87 bits per heavy atom. The first-order valence-electron chi connectivity index (χ1n) is 7.83. The summed E-state index contributed by atoms with van der Waals surface area (Å²) < 4.78 is 10.7. The lowest BCUT2D eigenvalue weighted by molar-refractivity contribution is 0.0187. The summed E-state index contributed by atoms with van der Waals surface area (Å²) in [4.78, 5) is 10.9. The van der Waals surface area contributed by atoms with Crippen molar-refractivity contribution in [3.05, 3.63) is 48.3 Å². The number of hydrogen-bond donors (Lipinski definition) is 1. The standard InChI is InChI=1S/C17H22N4O2/c1-22-15-5-3-14(4-6-15)16(21-9-11-23-12-10-21)13-20-17-18-7-2-8-19-17/h2-8,16H,9-13H2,1H3,(H,18,19,20)/t16-/m1/s1. The number of hydrogen-bond acceptors (Lipinski definition) is 6. The molecule has 0 bridgehead atoms. The van der Waals surface area contributed by atoms with Gasteiger partial charge in [-0.25, -0.2) is 9.97 Å². The highest BCUT2D eigenvalue weighted by Crippen LogP contribution is 2.24. The molecule has 23 heavy (non-hydrogen) atoms. The molecule has 2 aromatic rings. The minimum absolute atomic E-state index is 0.244. The molecule has 1 aliphatic heterocycles. The zero-order valence-corrected chi connectivity index (χ0v) is 13.3. The molecule has 1 saturated heterocycles. The Balaban J connectivity index is 1.74. The van der Waals surface area contributed by atoms with Crippen molar-refractivity contribution < 1.29 is 9.47 Å². The fraction of sp³-hybridized carbons (Fsp3) is 0.412. The molecule has 1 aromatic carbocycles. The van der Waals surface area contributed by atoms with Gasteiger partial charge in [0.05, 0.1) is 26.4 Å². The number of rotatable bonds is 6. The Labute approximate surface area is 136 Å². The highest BCUT2D eigenvalue weighted by Gasteiger charge is 2.22. The second-order valence-corrected chi connectivity index (χ2v) is 5.39. The van der Waals surface area contributed by atoms with Crippen molar-refractivity contribution in [1.29, 1.82) is 0 Å². The van der Waals surface area contributed by atoms with Crippen LogP contribution in [0.4, 0.5) is 5.95 Å². The lowest BCUT2D eigenvalue weighted by Gasteiger charge is -2.35. The molecular weight excluding hydrogens is 292 g/mol. The fourth-order valence-corrected chi connectivity index (χ4v) is 2.75. The zero-order chi connectivity index (χ0) is 15.9. The van der Waals surface area contributed by atoms with Crippen LogP contribution in [-0.4, -0.2) is 54.8 Å². The third-order valence-corrected chi connectivity index (χ3v) is 4.01. The van der Waals surface area contributed by atoms with E-state index in [9.17, 15) is 0 Å². The molecule has 1 atom stereocenters. The molecule has 0 radical (unpaired) electrons. The Morgan fingerprint density at radius 1 is 1.17 bits per heavy atom. The number of methoxy groups -OCH3 is 1. The van der Waals surface area contributed by atoms with Gasteiger partial charge in [-0.15, -0.1) is 0 Å². The quantitative estimate of drug-likeness (QED) is 0.880. The minimum Gasteiger partial charge on any atom is -0.497 e. The van der Waals surface area contributed by atoms with Crippen LogP contribution in [0.25, 0.3) is 0 Å². The summed E-state index contributed by atoms with van der Waals surface area (Å²) in [5.41, 5.74) is 1.25. The highest BCUT2D eigenvalue weighted by atomic mass is 16.5. The van der Waals surface area contributed by atoms with Gasteiger partial charge in [0, 0.05) is 32.0 Å². The van der Waals surface area contributed by atoms with E-state index in [1.165, 1.54) is 5.56 Å². The van der Waals surface area contributed by atoms with Crippen LogP contribution < -0.4 is 10.1 Å². The topological polar surface area (TPSA) is 59.5 Å². The Morgan fingerprint density at radius 3 is 2.52 bits per heavy atom. The van der Waals surface area contributed by atoms with E-state index < -0.39 is 0 Å². The number of nitrogens with zero attached hydrogens (tertiary/aromatic N) is 3. The fourth-order valence-electron chi connectivity index (χ4n) is 2.75. The molecule has 0 unspecified atom stereocenters. The largest absolute Gasteiger partial charge is 0.497 e. The van der Waals surface area contributed by atoms with Gasteiger partial charge in [-0.2, -0.15) is 0 Å². The van der Waals surface area contributed by atoms with E-state index >= 15 is 0 Å². The van der Waals surface area contributed by atoms with Gasteiger partial charge >= 0.3 is 0 Å². The number of anilines is 1. The molecule has 0 saturated carbocycles. The SMILES string of the molecule is COc1ccc([C@@H](CNc2ncccn2)N2CCOCC2)cc1. The van der Waals surface area contributed by atoms with Crippen molar-refractivity contribution in [1.82, 2.24) is 14.9 Å². The van der Waals surface area contributed by atoms with Crippen LogP contribution >= 0.6 is 0 Å². The van der Waals surface area contributed by atoms with Crippen molar-refractivity contribution in [2.75, 3.05) is 45.3 Å². The molecule has 0 spiro atoms. The third-order valence-electron chi connectivity index (χ3n) is 4.01. The van der Waals surface area contributed by atoms with Gasteiger partial charge in [-0.1, -0.05) is 12.1 Å². The van der Waals surface area contributed by atoms with Gasteiger partial charge < -0.3 is 14.8 Å². The number of ether oxygens (including phenoxy) is 2. The minimum atomic E-state index is 0.244. The number of benzene rings is 1. The van der Waals surface area contributed by atoms with Crippen molar-refractivity contribution in [2.45, 2.75) is 6.04 Å². The molecule has 1 aliphatic rings. The lowest BCUT2D eigenvalue weighted by atomic mass is 10.0. The summed E-state index contributed by atoms with van der Waals surface area (Å²) in [5.74, 6) is 1.52. The second-order valence-electron chi connectivity index (χ2n) is 5.39. The first kappa shape index (κ1) is 15.7. The van der Waals surface area contributed by atoms with Gasteiger partial charge in [0.2, 0.25) is 5.95 Å². The Hall–Kier alpha value is -2.18. The average molecular weight is 314 g/mol. The molecule has 3 rings (SSSR count). The summed E-state index contributed by atoms with van der Waals surface area (Å²) in [5, 5.41) is 3.33. The van der Waals surface area contributed by atoms with Crippen LogP contribution in [-0.2, 0) is 4.74 Å². The van der Waals surface area contributed by atoms with Gasteiger partial charge in [0.15, 0.2) is 0 Å². The van der Waals surface area contributed by atoms with Gasteiger partial charge in [-0.05, 0) is 23.8 Å². The highest BCUT2D eigenvalue weighted by molar-refractivity contribution is 5.31. The predicted octanol–water partition coefficient (Wildman–Crippen LogP) is 1.97. The van der Waals surface area contributed by atoms with Crippen LogP contribution in [0.3, 0.4) is 0 Å². The van der Waals surface area contributed by atoms with Crippen LogP contribution in [0.2, 0.25) is 0 Å². The third kappa shape index (κ3) is 4.18. The average Bonchev–Trinajstić information content (AvgIpc) is 2.64. The van der Waals surface area contributed by atoms with Crippen LogP contribution in [0.15, 0.2) is 42.7 Å². The second kappa shape index (κ2) is 7.89. The van der Waals surface area contributed by atoms with E-state index in [2.05, 4.69) is 32.3 Å². The Kier molecular flexibility index (Phi) is 5.39. The number of aromatic nitrogens is 2. The van der Waals surface area contributed by atoms with Crippen LogP contribution in [0.5, 0.6) is 5.75 Å². The normalized spacial score (nSPS) is 16.7. The van der Waals surface area contributed by atoms with Crippen molar-refractivity contribution in [2.24, 2.45) is 0 Å². The van der Waals surface area contributed by atoms with Crippen molar-refractivity contribution >= 4 is 5.95 Å².